The van der Waals surface area contributed by atoms with Crippen LogP contribution in [0.4, 0.5) is 20.2 Å². The monoisotopic (exact) mass is 868 g/mol. The van der Waals surface area contributed by atoms with Crippen LogP contribution in [0.2, 0.25) is 0 Å². The first-order valence-electron chi connectivity index (χ1n) is 20.3. The van der Waals surface area contributed by atoms with E-state index < -0.39 is 32.5 Å². The van der Waals surface area contributed by atoms with Crippen molar-refractivity contribution in [1.29, 1.82) is 5.26 Å². The van der Waals surface area contributed by atoms with Gasteiger partial charge in [0.1, 0.15) is 0 Å². The quantitative estimate of drug-likeness (QED) is 0.106. The Morgan fingerprint density at radius 3 is 2.25 bits per heavy atom. The van der Waals surface area contributed by atoms with Crippen LogP contribution in [0, 0.1) is 11.5 Å². The van der Waals surface area contributed by atoms with E-state index in [-0.39, 0.29) is 48.4 Å². The molecule has 3 aliphatic rings. The zero-order valence-corrected chi connectivity index (χ0v) is 35.2. The Kier molecular flexibility index (Phi) is 10.7. The SMILES string of the molecule is CN(CCN1CCN(S(=O)(=O)c2ccc(N3CCC(F)(F)C3)c(-c3cc4ncccc4[nH]3)c2)CC1)S(=O)(=O)c1ccc(N2CCC(NC#N)C2)c(-c2cc3ccccc3[nH]2)c1. The maximum absolute atomic E-state index is 14.3. The molecule has 318 valence electrons. The van der Waals surface area contributed by atoms with Gasteiger partial charge in [0, 0.05) is 118 Å². The Hall–Kier alpha value is -5.58. The smallest absolute Gasteiger partial charge is 0.266 e. The number of fused-ring (bicyclic) bond motifs is 2. The number of nitrogens with zero attached hydrogens (tertiary/aromatic N) is 7. The average molecular weight is 869 g/mol. The number of aromatic amines is 2. The predicted molar refractivity (Wildman–Crippen MR) is 231 cm³/mol. The lowest BCUT2D eigenvalue weighted by molar-refractivity contribution is 0.0257. The average Bonchev–Trinajstić information content (AvgIpc) is 4.08. The third kappa shape index (κ3) is 8.04. The van der Waals surface area contributed by atoms with E-state index in [1.165, 1.54) is 14.7 Å². The normalized spacial score (nSPS) is 19.0. The molecule has 1 atom stereocenters. The minimum atomic E-state index is -3.97. The molecule has 18 heteroatoms. The number of hydrogen-bond acceptors (Lipinski definition) is 10. The third-order valence-corrected chi connectivity index (χ3v) is 15.9. The summed E-state index contributed by atoms with van der Waals surface area (Å²) in [6, 6.07) is 25.2. The van der Waals surface area contributed by atoms with Gasteiger partial charge in [-0.1, -0.05) is 18.2 Å². The summed E-state index contributed by atoms with van der Waals surface area (Å²) in [6.07, 6.45) is 4.19. The van der Waals surface area contributed by atoms with Crippen molar-refractivity contribution < 1.29 is 25.6 Å². The van der Waals surface area contributed by atoms with E-state index in [1.54, 1.807) is 54.5 Å². The van der Waals surface area contributed by atoms with Gasteiger partial charge in [0.25, 0.3) is 5.92 Å². The molecule has 0 saturated carbocycles. The number of rotatable bonds is 12. The summed E-state index contributed by atoms with van der Waals surface area (Å²) in [7, 11) is -6.34. The molecule has 1 unspecified atom stereocenters. The molecular weight excluding hydrogens is 823 g/mol. The molecule has 3 saturated heterocycles. The van der Waals surface area contributed by atoms with Crippen LogP contribution in [0.25, 0.3) is 44.5 Å². The molecule has 0 aliphatic carbocycles. The summed E-state index contributed by atoms with van der Waals surface area (Å²) in [4.78, 5) is 17.2. The van der Waals surface area contributed by atoms with E-state index in [1.807, 2.05) is 48.7 Å². The molecule has 0 bridgehead atoms. The van der Waals surface area contributed by atoms with Gasteiger partial charge in [-0.25, -0.2) is 25.6 Å². The molecular formula is C43H46F2N10O4S2. The number of pyridine rings is 1. The molecule has 6 heterocycles. The number of H-pyrrole nitrogens is 2. The van der Waals surface area contributed by atoms with Gasteiger partial charge in [-0.15, -0.1) is 0 Å². The Labute approximate surface area is 353 Å². The molecule has 3 fully saturated rings. The lowest BCUT2D eigenvalue weighted by atomic mass is 10.1. The highest BCUT2D eigenvalue weighted by Gasteiger charge is 2.40. The number of nitrogens with one attached hydrogen (secondary N) is 3. The number of benzene rings is 3. The van der Waals surface area contributed by atoms with E-state index >= 15 is 0 Å². The highest BCUT2D eigenvalue weighted by molar-refractivity contribution is 7.89. The van der Waals surface area contributed by atoms with Crippen molar-refractivity contribution in [1.82, 2.24) is 33.8 Å². The molecule has 61 heavy (non-hydrogen) atoms. The first kappa shape index (κ1) is 40.8. The van der Waals surface area contributed by atoms with Crippen LogP contribution in [-0.2, 0) is 20.0 Å². The molecule has 0 amide bonds. The van der Waals surface area contributed by atoms with Crippen molar-refractivity contribution in [2.75, 3.05) is 82.3 Å². The third-order valence-electron chi connectivity index (χ3n) is 12.2. The van der Waals surface area contributed by atoms with Crippen molar-refractivity contribution >= 4 is 53.4 Å². The van der Waals surface area contributed by atoms with Gasteiger partial charge < -0.3 is 25.1 Å². The number of anilines is 2. The molecule has 9 rings (SSSR count). The summed E-state index contributed by atoms with van der Waals surface area (Å²) in [6.45, 7) is 2.77. The molecule has 3 aliphatic heterocycles. The number of halogens is 2. The number of likely N-dealkylation sites (N-methyl/N-ethyl adjacent to an activating group) is 1. The van der Waals surface area contributed by atoms with Crippen LogP contribution in [0.15, 0.2) is 101 Å². The van der Waals surface area contributed by atoms with Crippen LogP contribution in [-0.4, -0.2) is 130 Å². The summed E-state index contributed by atoms with van der Waals surface area (Å²) in [5, 5.41) is 13.0. The molecule has 14 nitrogen and oxygen atoms in total. The summed E-state index contributed by atoms with van der Waals surface area (Å²) in [5.74, 6) is -2.84. The fraction of sp³-hybridized carbons (Fsp3) is 0.349. The Morgan fingerprint density at radius 2 is 1.52 bits per heavy atom. The fourth-order valence-corrected chi connectivity index (χ4v) is 11.3. The highest BCUT2D eigenvalue weighted by atomic mass is 32.2. The number of hydrogen-bond donors (Lipinski definition) is 3. The molecule has 6 aromatic rings. The molecule has 3 aromatic carbocycles. The maximum Gasteiger partial charge on any atom is 0.266 e. The van der Waals surface area contributed by atoms with Crippen LogP contribution in [0.1, 0.15) is 12.8 Å². The Balaban J connectivity index is 0.887. The van der Waals surface area contributed by atoms with Crippen molar-refractivity contribution in [3.63, 3.8) is 0 Å². The molecule has 3 N–H and O–H groups in total. The zero-order valence-electron chi connectivity index (χ0n) is 33.6. The second kappa shape index (κ2) is 16.0. The summed E-state index contributed by atoms with van der Waals surface area (Å²) < 4.78 is 87.9. The molecule has 0 radical (unpaired) electrons. The minimum absolute atomic E-state index is 0.00521. The van der Waals surface area contributed by atoms with Crippen molar-refractivity contribution in [2.24, 2.45) is 0 Å². The highest BCUT2D eigenvalue weighted by Crippen LogP contribution is 2.40. The van der Waals surface area contributed by atoms with Crippen LogP contribution in [0.5, 0.6) is 0 Å². The number of nitriles is 1. The van der Waals surface area contributed by atoms with Crippen molar-refractivity contribution in [2.45, 2.75) is 34.6 Å². The lowest BCUT2D eigenvalue weighted by Crippen LogP contribution is -2.50. The van der Waals surface area contributed by atoms with E-state index in [9.17, 15) is 30.9 Å². The molecule has 3 aromatic heterocycles. The zero-order chi connectivity index (χ0) is 42.5. The van der Waals surface area contributed by atoms with Crippen LogP contribution >= 0.6 is 0 Å². The summed E-state index contributed by atoms with van der Waals surface area (Å²) >= 11 is 0. The number of aromatic nitrogens is 3. The van der Waals surface area contributed by atoms with Gasteiger partial charge in [-0.3, -0.25) is 9.88 Å². The predicted octanol–water partition coefficient (Wildman–Crippen LogP) is 5.50. The van der Waals surface area contributed by atoms with E-state index in [2.05, 4.69) is 30.1 Å². The minimum Gasteiger partial charge on any atom is -0.369 e. The molecule has 0 spiro atoms. The maximum atomic E-state index is 14.3. The van der Waals surface area contributed by atoms with Gasteiger partial charge >= 0.3 is 0 Å². The summed E-state index contributed by atoms with van der Waals surface area (Å²) in [5.41, 5.74) is 6.37. The number of sulfonamides is 2. The standard InChI is InChI=1S/C43H46F2N10O4S2/c1-51(60(56,57)32-8-10-41(53-15-12-31(27-53)48-29-46)34(24-32)38-23-30-5-2-3-6-36(30)49-38)17-18-52-19-21-55(22-20-52)61(58,59)33-9-11-42(54-16-13-43(44,45)28-54)35(25-33)39-26-40-37(50-39)7-4-14-47-40/h2-11,14,23-26,31,48-50H,12-13,15-22,27-28H2,1H3. The number of para-hydroxylation sites is 1. The van der Waals surface area contributed by atoms with E-state index in [0.717, 1.165) is 39.8 Å². The second-order valence-electron chi connectivity index (χ2n) is 16.0. The van der Waals surface area contributed by atoms with Crippen molar-refractivity contribution in [3.05, 3.63) is 91.1 Å². The lowest BCUT2D eigenvalue weighted by Gasteiger charge is -2.34. The largest absolute Gasteiger partial charge is 0.369 e. The van der Waals surface area contributed by atoms with Crippen molar-refractivity contribution in [3.8, 4) is 28.7 Å². The van der Waals surface area contributed by atoms with Crippen LogP contribution in [0.3, 0.4) is 0 Å². The first-order chi connectivity index (χ1) is 29.3. The Bertz CT molecular complexity index is 2800. The van der Waals surface area contributed by atoms with Crippen LogP contribution < -0.4 is 15.1 Å². The fourth-order valence-electron chi connectivity index (χ4n) is 8.71. The van der Waals surface area contributed by atoms with E-state index in [0.29, 0.717) is 55.2 Å². The van der Waals surface area contributed by atoms with Gasteiger partial charge in [0.05, 0.1) is 39.1 Å². The van der Waals surface area contributed by atoms with Gasteiger partial charge in [-0.2, -0.15) is 13.9 Å². The second-order valence-corrected chi connectivity index (χ2v) is 20.0. The first-order valence-corrected chi connectivity index (χ1v) is 23.2. The van der Waals surface area contributed by atoms with Gasteiger partial charge in [0.2, 0.25) is 20.0 Å². The number of alkyl halides is 2. The number of piperazine rings is 1. The van der Waals surface area contributed by atoms with Gasteiger partial charge in [-0.05, 0) is 73.2 Å². The van der Waals surface area contributed by atoms with Gasteiger partial charge in [0.15, 0.2) is 6.19 Å². The Morgan fingerprint density at radius 1 is 0.836 bits per heavy atom. The topological polar surface area (TPSA) is 165 Å². The van der Waals surface area contributed by atoms with E-state index in [4.69, 9.17) is 0 Å².